The maximum Gasteiger partial charge on any atom is 0.100 e. The molecule has 3 rings (SSSR count). The fourth-order valence-corrected chi connectivity index (χ4v) is 4.37. The Kier molecular flexibility index (Phi) is 5.00. The van der Waals surface area contributed by atoms with E-state index in [1.807, 2.05) is 0 Å². The summed E-state index contributed by atoms with van der Waals surface area (Å²) < 4.78 is 1.19. The van der Waals surface area contributed by atoms with E-state index in [1.165, 1.54) is 62.5 Å². The Bertz CT molecular complexity index is 351. The average Bonchev–Trinajstić information content (AvgIpc) is 2.37. The predicted octanol–water partition coefficient (Wildman–Crippen LogP) is 5.03. The molecule has 3 aliphatic rings. The van der Waals surface area contributed by atoms with Crippen molar-refractivity contribution >= 4 is 0 Å². The smallest absolute Gasteiger partial charge is 0.100 e. The fourth-order valence-electron chi connectivity index (χ4n) is 4.37. The van der Waals surface area contributed by atoms with Crippen LogP contribution in [0, 0.1) is 17.3 Å². The molecule has 2 atom stereocenters. The van der Waals surface area contributed by atoms with Crippen LogP contribution in [-0.4, -0.2) is 31.7 Å². The summed E-state index contributed by atoms with van der Waals surface area (Å²) in [6.07, 6.45) is 12.4. The summed E-state index contributed by atoms with van der Waals surface area (Å²) in [6.45, 7) is 9.91. The van der Waals surface area contributed by atoms with Gasteiger partial charge in [-0.3, -0.25) is 0 Å². The van der Waals surface area contributed by atoms with Crippen LogP contribution in [0.4, 0.5) is 0 Å². The van der Waals surface area contributed by atoms with E-state index in [2.05, 4.69) is 40.9 Å². The Morgan fingerprint density at radius 1 is 1.15 bits per heavy atom. The molecule has 0 radical (unpaired) electrons. The van der Waals surface area contributed by atoms with E-state index in [0.29, 0.717) is 5.41 Å². The summed E-state index contributed by atoms with van der Waals surface area (Å²) in [5.41, 5.74) is 2.36. The summed E-state index contributed by atoms with van der Waals surface area (Å²) in [4.78, 5) is 0. The monoisotopic (exact) mass is 278 g/mol. The molecule has 3 aliphatic carbocycles. The van der Waals surface area contributed by atoms with Gasteiger partial charge in [-0.15, -0.1) is 0 Å². The first kappa shape index (κ1) is 16.1. The van der Waals surface area contributed by atoms with E-state index in [4.69, 9.17) is 0 Å². The third-order valence-electron chi connectivity index (χ3n) is 6.06. The second-order valence-electron chi connectivity index (χ2n) is 8.55. The minimum Gasteiger partial charge on any atom is -0.325 e. The van der Waals surface area contributed by atoms with Crippen molar-refractivity contribution in [3.8, 4) is 0 Å². The average molecular weight is 279 g/mol. The Labute approximate surface area is 127 Å². The van der Waals surface area contributed by atoms with Crippen molar-refractivity contribution < 1.29 is 4.48 Å². The van der Waals surface area contributed by atoms with Crippen LogP contribution in [0.15, 0.2) is 11.6 Å². The SMILES string of the molecule is CCCCCCC[N+](C)(C)CC1=CCC2CC1C2(C)C. The Morgan fingerprint density at radius 3 is 2.45 bits per heavy atom. The van der Waals surface area contributed by atoms with Gasteiger partial charge >= 0.3 is 0 Å². The van der Waals surface area contributed by atoms with Gasteiger partial charge in [0.25, 0.3) is 0 Å². The molecule has 0 heterocycles. The normalized spacial score (nSPS) is 27.9. The van der Waals surface area contributed by atoms with E-state index < -0.39 is 0 Å². The first-order valence-corrected chi connectivity index (χ1v) is 8.88. The molecular weight excluding hydrogens is 242 g/mol. The van der Waals surface area contributed by atoms with Gasteiger partial charge in [0.15, 0.2) is 0 Å². The molecule has 1 fully saturated rings. The Morgan fingerprint density at radius 2 is 1.85 bits per heavy atom. The van der Waals surface area contributed by atoms with Gasteiger partial charge in [-0.2, -0.15) is 0 Å². The summed E-state index contributed by atoms with van der Waals surface area (Å²) in [6, 6.07) is 0. The fraction of sp³-hybridized carbons (Fsp3) is 0.895. The number of likely N-dealkylation sites (N-methyl/N-ethyl adjacent to an activating group) is 1. The molecule has 0 amide bonds. The highest BCUT2D eigenvalue weighted by Gasteiger charge is 2.51. The molecule has 20 heavy (non-hydrogen) atoms. The van der Waals surface area contributed by atoms with Gasteiger partial charge in [-0.1, -0.05) is 46.1 Å². The van der Waals surface area contributed by atoms with Crippen LogP contribution in [-0.2, 0) is 0 Å². The maximum absolute atomic E-state index is 2.58. The topological polar surface area (TPSA) is 0 Å². The molecule has 0 aromatic heterocycles. The van der Waals surface area contributed by atoms with Gasteiger partial charge in [0.05, 0.1) is 20.6 Å². The van der Waals surface area contributed by atoms with Crippen LogP contribution >= 0.6 is 0 Å². The molecule has 0 aliphatic heterocycles. The van der Waals surface area contributed by atoms with Crippen LogP contribution in [0.25, 0.3) is 0 Å². The molecule has 0 N–H and O–H groups in total. The van der Waals surface area contributed by atoms with Crippen molar-refractivity contribution in [2.45, 2.75) is 65.7 Å². The van der Waals surface area contributed by atoms with Crippen molar-refractivity contribution in [2.24, 2.45) is 17.3 Å². The van der Waals surface area contributed by atoms with Gasteiger partial charge < -0.3 is 4.48 Å². The molecule has 2 unspecified atom stereocenters. The zero-order valence-electron chi connectivity index (χ0n) is 14.5. The molecule has 0 spiro atoms. The van der Waals surface area contributed by atoms with Crippen molar-refractivity contribution in [1.29, 1.82) is 0 Å². The van der Waals surface area contributed by atoms with E-state index >= 15 is 0 Å². The Balaban J connectivity index is 1.78. The molecule has 0 aromatic rings. The van der Waals surface area contributed by atoms with Crippen molar-refractivity contribution in [3.63, 3.8) is 0 Å². The number of allylic oxidation sites excluding steroid dienone is 1. The highest BCUT2D eigenvalue weighted by molar-refractivity contribution is 5.23. The van der Waals surface area contributed by atoms with E-state index in [-0.39, 0.29) is 0 Å². The van der Waals surface area contributed by atoms with Crippen LogP contribution < -0.4 is 0 Å². The molecule has 0 saturated heterocycles. The minimum atomic E-state index is 0.589. The summed E-state index contributed by atoms with van der Waals surface area (Å²) in [5.74, 6) is 1.86. The van der Waals surface area contributed by atoms with Crippen molar-refractivity contribution in [3.05, 3.63) is 11.6 Å². The third kappa shape index (κ3) is 3.47. The first-order chi connectivity index (χ1) is 9.37. The summed E-state index contributed by atoms with van der Waals surface area (Å²) in [5, 5.41) is 0. The summed E-state index contributed by atoms with van der Waals surface area (Å²) in [7, 11) is 4.86. The van der Waals surface area contributed by atoms with Crippen LogP contribution in [0.1, 0.15) is 65.7 Å². The highest BCUT2D eigenvalue weighted by atomic mass is 15.3. The molecular formula is C19H36N+. The number of quaternary nitrogens is 1. The number of rotatable bonds is 8. The number of hydrogen-bond donors (Lipinski definition) is 0. The number of hydrogen-bond acceptors (Lipinski definition) is 0. The maximum atomic E-state index is 2.58. The van der Waals surface area contributed by atoms with Gasteiger partial charge in [-0.25, -0.2) is 0 Å². The van der Waals surface area contributed by atoms with Gasteiger partial charge in [0, 0.05) is 0 Å². The second-order valence-corrected chi connectivity index (χ2v) is 8.55. The lowest BCUT2D eigenvalue weighted by atomic mass is 9.49. The predicted molar refractivity (Wildman–Crippen MR) is 88.7 cm³/mol. The quantitative estimate of drug-likeness (QED) is 0.332. The third-order valence-corrected chi connectivity index (χ3v) is 6.06. The largest absolute Gasteiger partial charge is 0.325 e. The minimum absolute atomic E-state index is 0.589. The standard InChI is InChI=1S/C19H36N/c1-6-7-8-9-10-13-20(4,5)15-16-11-12-17-14-18(16)19(17,2)3/h11,17-18H,6-10,12-15H2,1-5H3/q+1. The zero-order valence-corrected chi connectivity index (χ0v) is 14.5. The van der Waals surface area contributed by atoms with E-state index in [9.17, 15) is 0 Å². The first-order valence-electron chi connectivity index (χ1n) is 8.88. The van der Waals surface area contributed by atoms with E-state index in [1.54, 1.807) is 5.57 Å². The summed E-state index contributed by atoms with van der Waals surface area (Å²) >= 11 is 0. The molecule has 2 bridgehead atoms. The van der Waals surface area contributed by atoms with Crippen molar-refractivity contribution in [1.82, 2.24) is 0 Å². The lowest BCUT2D eigenvalue weighted by molar-refractivity contribution is -0.886. The van der Waals surface area contributed by atoms with Gasteiger partial charge in [-0.05, 0) is 48.5 Å². The Hall–Kier alpha value is -0.300. The van der Waals surface area contributed by atoms with E-state index in [0.717, 1.165) is 11.8 Å². The lowest BCUT2D eigenvalue weighted by Crippen LogP contribution is -2.52. The van der Waals surface area contributed by atoms with Crippen LogP contribution in [0.2, 0.25) is 0 Å². The lowest BCUT2D eigenvalue weighted by Gasteiger charge is -2.57. The van der Waals surface area contributed by atoms with Gasteiger partial charge in [0.2, 0.25) is 0 Å². The molecule has 1 saturated carbocycles. The second kappa shape index (κ2) is 6.22. The molecule has 1 heteroatoms. The number of unbranched alkanes of at least 4 members (excludes halogenated alkanes) is 4. The molecule has 0 aromatic carbocycles. The van der Waals surface area contributed by atoms with Crippen LogP contribution in [0.5, 0.6) is 0 Å². The zero-order chi connectivity index (χ0) is 14.8. The van der Waals surface area contributed by atoms with Crippen molar-refractivity contribution in [2.75, 3.05) is 27.2 Å². The molecule has 116 valence electrons. The van der Waals surface area contributed by atoms with Crippen LogP contribution in [0.3, 0.4) is 0 Å². The van der Waals surface area contributed by atoms with Gasteiger partial charge in [0.1, 0.15) is 6.54 Å². The number of nitrogens with zero attached hydrogens (tertiary/aromatic N) is 1. The number of fused-ring (bicyclic) bond motifs is 1. The highest BCUT2D eigenvalue weighted by Crippen LogP contribution is 2.59. The molecule has 1 nitrogen and oxygen atoms in total.